The number of carbonyl (C=O) groups excluding carboxylic acids is 1. The van der Waals surface area contributed by atoms with E-state index in [1.54, 1.807) is 6.07 Å². The van der Waals surface area contributed by atoms with E-state index in [1.807, 2.05) is 18.2 Å². The second-order valence-electron chi connectivity index (χ2n) is 2.93. The fourth-order valence-electron chi connectivity index (χ4n) is 1.44. The van der Waals surface area contributed by atoms with Gasteiger partial charge in [0, 0.05) is 26.6 Å². The second-order valence-corrected chi connectivity index (χ2v) is 2.93. The summed E-state index contributed by atoms with van der Waals surface area (Å²) in [5, 5.41) is 12.6. The van der Waals surface area contributed by atoms with Crippen molar-refractivity contribution >= 4 is 11.6 Å². The number of benzene rings is 1. The quantitative estimate of drug-likeness (QED) is 0.715. The van der Waals surface area contributed by atoms with Gasteiger partial charge >= 0.3 is 0 Å². The number of nitrogens with zero attached hydrogens (tertiary/aromatic N) is 2. The smallest absolute Gasteiger partial charge is 0.0978 e. The van der Waals surface area contributed by atoms with Gasteiger partial charge in [0.25, 0.3) is 0 Å². The van der Waals surface area contributed by atoms with Gasteiger partial charge in [-0.15, -0.1) is 5.69 Å². The van der Waals surface area contributed by atoms with E-state index >= 15 is 0 Å². The van der Waals surface area contributed by atoms with Gasteiger partial charge in [-0.05, 0) is 18.9 Å². The third kappa shape index (κ3) is 1.86. The summed E-state index contributed by atoms with van der Waals surface area (Å²) in [5.74, 6) is -0.129. The number of hydrogen-bond acceptors (Lipinski definition) is 2. The Morgan fingerprint density at radius 1 is 1.36 bits per heavy atom. The Kier molecular flexibility index (Phi) is 3.43. The third-order valence-electron chi connectivity index (χ3n) is 2.08. The number of rotatable bonds is 0. The molecule has 0 bridgehead atoms. The van der Waals surface area contributed by atoms with Crippen LogP contribution in [0, 0.1) is 11.3 Å². The van der Waals surface area contributed by atoms with Crippen LogP contribution in [0.4, 0.5) is 5.69 Å². The minimum absolute atomic E-state index is 0. The van der Waals surface area contributed by atoms with Crippen molar-refractivity contribution in [3.63, 3.8) is 0 Å². The molecule has 0 fully saturated rings. The molecule has 1 amide bonds. The first-order chi connectivity index (χ1) is 6.31. The molecule has 0 saturated heterocycles. The van der Waals surface area contributed by atoms with Crippen molar-refractivity contribution in [1.82, 2.24) is 0 Å². The van der Waals surface area contributed by atoms with Crippen LogP contribution in [-0.4, -0.2) is 5.91 Å². The van der Waals surface area contributed by atoms with Gasteiger partial charge in [-0.25, -0.2) is 0 Å². The van der Waals surface area contributed by atoms with E-state index in [9.17, 15) is 4.79 Å². The number of carbonyl (C=O) groups is 1. The molecule has 1 aromatic rings. The standard InChI is InChI=1S/C10H8N2O.W/c11-6-8-3-1-2-7-4-5-9(13)12-10(7)8;/h1-3H,4-5H2,(H,12,13);/p-1. The number of hydrogen-bond donors (Lipinski definition) is 0. The van der Waals surface area contributed by atoms with E-state index in [0.717, 1.165) is 5.56 Å². The Balaban J connectivity index is 0.000000980. The molecule has 0 aliphatic carbocycles. The van der Waals surface area contributed by atoms with E-state index < -0.39 is 0 Å². The Bertz CT molecular complexity index is 409. The van der Waals surface area contributed by atoms with Crippen LogP contribution in [0.5, 0.6) is 0 Å². The third-order valence-corrected chi connectivity index (χ3v) is 2.08. The Labute approximate surface area is 96.4 Å². The minimum atomic E-state index is -0.129. The molecule has 4 heteroatoms. The van der Waals surface area contributed by atoms with Crippen molar-refractivity contribution in [2.24, 2.45) is 0 Å². The Hall–Kier alpha value is -1.13. The van der Waals surface area contributed by atoms with Gasteiger partial charge in [-0.2, -0.15) is 5.26 Å². The number of nitriles is 1. The molecule has 70 valence electrons. The van der Waals surface area contributed by atoms with E-state index in [-0.39, 0.29) is 27.0 Å². The Morgan fingerprint density at radius 2 is 2.14 bits per heavy atom. The van der Waals surface area contributed by atoms with Crippen molar-refractivity contribution in [3.05, 3.63) is 34.6 Å². The zero-order valence-electron chi connectivity index (χ0n) is 7.36. The number of fused-ring (bicyclic) bond motifs is 1. The number of para-hydroxylation sites is 1. The summed E-state index contributed by atoms with van der Waals surface area (Å²) in [6.07, 6.45) is 1.16. The number of aryl methyl sites for hydroxylation is 1. The molecule has 0 radical (unpaired) electrons. The normalized spacial score (nSPS) is 13.2. The largest absolute Gasteiger partial charge is 0.626 e. The van der Waals surface area contributed by atoms with Gasteiger partial charge < -0.3 is 10.1 Å². The van der Waals surface area contributed by atoms with Crippen molar-refractivity contribution in [1.29, 1.82) is 5.26 Å². The molecule has 1 aliphatic heterocycles. The zero-order valence-corrected chi connectivity index (χ0v) is 10.3. The van der Waals surface area contributed by atoms with Crippen molar-refractivity contribution in [2.45, 2.75) is 12.8 Å². The molecule has 0 unspecified atom stereocenters. The summed E-state index contributed by atoms with van der Waals surface area (Å²) < 4.78 is 0. The van der Waals surface area contributed by atoms with Crippen LogP contribution in [-0.2, 0) is 32.3 Å². The van der Waals surface area contributed by atoms with Gasteiger partial charge in [-0.3, -0.25) is 0 Å². The first-order valence-electron chi connectivity index (χ1n) is 4.08. The van der Waals surface area contributed by atoms with Gasteiger partial charge in [0.15, 0.2) is 0 Å². The fraction of sp³-hybridized carbons (Fsp3) is 0.200. The summed E-state index contributed by atoms with van der Waals surface area (Å²) >= 11 is 0. The van der Waals surface area contributed by atoms with Crippen LogP contribution >= 0.6 is 0 Å². The Morgan fingerprint density at radius 3 is 2.86 bits per heavy atom. The maximum Gasteiger partial charge on any atom is 0.0978 e. The van der Waals surface area contributed by atoms with Crippen LogP contribution in [0.25, 0.3) is 5.32 Å². The first kappa shape index (κ1) is 10.9. The molecule has 0 N–H and O–H groups in total. The number of amides is 1. The summed E-state index contributed by atoms with van der Waals surface area (Å²) in [7, 11) is 0. The monoisotopic (exact) mass is 355 g/mol. The van der Waals surface area contributed by atoms with Crippen molar-refractivity contribution < 1.29 is 25.9 Å². The van der Waals surface area contributed by atoms with Gasteiger partial charge in [0.05, 0.1) is 12.0 Å². The molecule has 1 aromatic carbocycles. The molecule has 0 spiro atoms. The van der Waals surface area contributed by atoms with Crippen LogP contribution in [0.1, 0.15) is 17.5 Å². The van der Waals surface area contributed by atoms with Crippen molar-refractivity contribution in [2.75, 3.05) is 0 Å². The second kappa shape index (κ2) is 4.39. The average molecular weight is 355 g/mol. The average Bonchev–Trinajstić information content (AvgIpc) is 2.17. The van der Waals surface area contributed by atoms with Crippen LogP contribution in [0.15, 0.2) is 18.2 Å². The van der Waals surface area contributed by atoms with E-state index in [4.69, 9.17) is 5.26 Å². The molecule has 1 aliphatic rings. The molecule has 0 saturated carbocycles. The predicted molar refractivity (Wildman–Crippen MR) is 47.5 cm³/mol. The zero-order chi connectivity index (χ0) is 9.26. The molecule has 0 atom stereocenters. The maximum absolute atomic E-state index is 11.0. The van der Waals surface area contributed by atoms with Crippen LogP contribution in [0.2, 0.25) is 0 Å². The van der Waals surface area contributed by atoms with E-state index in [1.165, 1.54) is 0 Å². The van der Waals surface area contributed by atoms with Gasteiger partial charge in [0.1, 0.15) is 0 Å². The van der Waals surface area contributed by atoms with Gasteiger partial charge in [0.2, 0.25) is 0 Å². The minimum Gasteiger partial charge on any atom is -0.626 e. The first-order valence-corrected chi connectivity index (χ1v) is 4.08. The molecular weight excluding hydrogens is 348 g/mol. The summed E-state index contributed by atoms with van der Waals surface area (Å²) in [6.45, 7) is 0. The topological polar surface area (TPSA) is 55.0 Å². The van der Waals surface area contributed by atoms with Crippen LogP contribution < -0.4 is 0 Å². The van der Waals surface area contributed by atoms with Crippen molar-refractivity contribution in [3.8, 4) is 6.07 Å². The summed E-state index contributed by atoms with van der Waals surface area (Å²) in [6, 6.07) is 7.44. The molecule has 14 heavy (non-hydrogen) atoms. The molecule has 3 nitrogen and oxygen atoms in total. The molecular formula is C10H7N2OW-. The molecule has 0 aromatic heterocycles. The fourth-order valence-corrected chi connectivity index (χ4v) is 1.44. The summed E-state index contributed by atoms with van der Waals surface area (Å²) in [4.78, 5) is 11.0. The molecule has 2 rings (SSSR count). The molecule has 1 heterocycles. The van der Waals surface area contributed by atoms with Gasteiger partial charge in [-0.1, -0.05) is 17.7 Å². The SMILES string of the molecule is N#Cc1cccc2c1[N-]C(=O)CC2.[W]. The van der Waals surface area contributed by atoms with Crippen LogP contribution in [0.3, 0.4) is 0 Å². The van der Waals surface area contributed by atoms with E-state index in [2.05, 4.69) is 5.32 Å². The predicted octanol–water partition coefficient (Wildman–Crippen LogP) is 2.03. The van der Waals surface area contributed by atoms with E-state index in [0.29, 0.717) is 24.1 Å². The maximum atomic E-state index is 11.0. The summed E-state index contributed by atoms with van der Waals surface area (Å²) in [5.41, 5.74) is 2.06.